The molecule has 2 aromatic carbocycles. The molecule has 0 aromatic heterocycles. The van der Waals surface area contributed by atoms with Crippen LogP contribution in [-0.4, -0.2) is 24.1 Å². The van der Waals surface area contributed by atoms with Gasteiger partial charge >= 0.3 is 6.36 Å². The molecular weight excluding hydrogens is 397 g/mol. The molecular formula is C19H18ClF3N2O3. The van der Waals surface area contributed by atoms with Crippen LogP contribution >= 0.6 is 11.6 Å². The first-order valence-corrected chi connectivity index (χ1v) is 8.81. The Labute approximate surface area is 164 Å². The fraction of sp³-hybridized carbons (Fsp3) is 0.263. The number of nitrogens with one attached hydrogen (secondary N) is 2. The molecule has 0 aliphatic carbocycles. The van der Waals surface area contributed by atoms with E-state index in [9.17, 15) is 22.8 Å². The van der Waals surface area contributed by atoms with Crippen LogP contribution in [0.3, 0.4) is 0 Å². The summed E-state index contributed by atoms with van der Waals surface area (Å²) in [5.41, 5.74) is 1.78. The van der Waals surface area contributed by atoms with Crippen LogP contribution in [0.15, 0.2) is 48.5 Å². The molecule has 0 spiro atoms. The van der Waals surface area contributed by atoms with Gasteiger partial charge < -0.3 is 15.4 Å². The van der Waals surface area contributed by atoms with Crippen molar-refractivity contribution < 1.29 is 27.5 Å². The third-order valence-electron chi connectivity index (χ3n) is 3.71. The summed E-state index contributed by atoms with van der Waals surface area (Å²) in [5, 5.41) is 5.15. The molecule has 1 unspecified atom stereocenters. The number of anilines is 2. The summed E-state index contributed by atoms with van der Waals surface area (Å²) in [6.45, 7) is 1.90. The molecule has 0 bridgehead atoms. The van der Waals surface area contributed by atoms with Crippen LogP contribution in [0.5, 0.6) is 5.75 Å². The molecule has 0 heterocycles. The van der Waals surface area contributed by atoms with Crippen LogP contribution in [0.4, 0.5) is 24.5 Å². The zero-order chi connectivity index (χ0) is 20.7. The fourth-order valence-corrected chi connectivity index (χ4v) is 2.54. The Balaban J connectivity index is 2.03. The van der Waals surface area contributed by atoms with Crippen molar-refractivity contribution in [2.45, 2.75) is 19.7 Å². The van der Waals surface area contributed by atoms with Gasteiger partial charge in [0.1, 0.15) is 11.7 Å². The lowest BCUT2D eigenvalue weighted by molar-refractivity contribution is -0.274. The van der Waals surface area contributed by atoms with E-state index in [-0.39, 0.29) is 18.0 Å². The van der Waals surface area contributed by atoms with Gasteiger partial charge in [-0.2, -0.15) is 0 Å². The van der Waals surface area contributed by atoms with Gasteiger partial charge in [0.05, 0.1) is 0 Å². The van der Waals surface area contributed by atoms with E-state index in [2.05, 4.69) is 15.4 Å². The number of carbonyl (C=O) groups excluding carboxylic acids is 2. The predicted molar refractivity (Wildman–Crippen MR) is 100 cm³/mol. The summed E-state index contributed by atoms with van der Waals surface area (Å²) in [6, 6.07) is 11.7. The van der Waals surface area contributed by atoms with Crippen LogP contribution in [0.1, 0.15) is 12.0 Å². The van der Waals surface area contributed by atoms with Gasteiger partial charge in [-0.15, -0.1) is 24.8 Å². The van der Waals surface area contributed by atoms with Crippen LogP contribution in [0, 0.1) is 12.8 Å². The maximum Gasteiger partial charge on any atom is 0.573 e. The standard InChI is InChI=1S/C19H18ClF3N2O3/c1-12-2-4-13(5-3-12)24-17(26)16(10-11-20)18(27)25-14-6-8-15(9-7-14)28-19(21,22)23/h2-9,16H,10-11H2,1H3,(H,24,26)(H,25,27). The molecule has 2 rings (SSSR count). The largest absolute Gasteiger partial charge is 0.573 e. The number of alkyl halides is 4. The molecule has 2 amide bonds. The number of rotatable bonds is 7. The highest BCUT2D eigenvalue weighted by Gasteiger charge is 2.31. The minimum atomic E-state index is -4.80. The van der Waals surface area contributed by atoms with E-state index in [1.807, 2.05) is 19.1 Å². The predicted octanol–water partition coefficient (Wildman–Crippen LogP) is 4.72. The van der Waals surface area contributed by atoms with Gasteiger partial charge in [0, 0.05) is 17.3 Å². The van der Waals surface area contributed by atoms with E-state index in [0.717, 1.165) is 17.7 Å². The molecule has 0 saturated carbocycles. The van der Waals surface area contributed by atoms with Crippen molar-refractivity contribution in [1.29, 1.82) is 0 Å². The molecule has 1 atom stereocenters. The number of hydrogen-bond donors (Lipinski definition) is 2. The summed E-state index contributed by atoms with van der Waals surface area (Å²) >= 11 is 5.71. The number of amides is 2. The molecule has 0 aliphatic heterocycles. The van der Waals surface area contributed by atoms with Crippen molar-refractivity contribution in [3.8, 4) is 5.75 Å². The Morgan fingerprint density at radius 2 is 1.43 bits per heavy atom. The van der Waals surface area contributed by atoms with Crippen LogP contribution in [-0.2, 0) is 9.59 Å². The lowest BCUT2D eigenvalue weighted by Gasteiger charge is -2.16. The number of carbonyl (C=O) groups is 2. The number of benzene rings is 2. The molecule has 0 radical (unpaired) electrons. The Morgan fingerprint density at radius 3 is 1.86 bits per heavy atom. The van der Waals surface area contributed by atoms with Gasteiger partial charge in [-0.25, -0.2) is 0 Å². The van der Waals surface area contributed by atoms with Gasteiger partial charge in [0.25, 0.3) is 0 Å². The maximum atomic E-state index is 12.5. The van der Waals surface area contributed by atoms with Crippen molar-refractivity contribution >= 4 is 34.8 Å². The lowest BCUT2D eigenvalue weighted by Crippen LogP contribution is -2.34. The fourth-order valence-electron chi connectivity index (χ4n) is 2.33. The number of aryl methyl sites for hydroxylation is 1. The van der Waals surface area contributed by atoms with Gasteiger partial charge in [-0.05, 0) is 49.7 Å². The second kappa shape index (κ2) is 9.45. The number of ether oxygens (including phenoxy) is 1. The minimum Gasteiger partial charge on any atom is -0.406 e. The molecule has 28 heavy (non-hydrogen) atoms. The Kier molecular flexibility index (Phi) is 7.28. The monoisotopic (exact) mass is 414 g/mol. The van der Waals surface area contributed by atoms with Crippen molar-refractivity contribution in [3.05, 3.63) is 54.1 Å². The molecule has 150 valence electrons. The van der Waals surface area contributed by atoms with E-state index < -0.39 is 29.8 Å². The van der Waals surface area contributed by atoms with Gasteiger partial charge in [0.2, 0.25) is 11.8 Å². The Hall–Kier alpha value is -2.74. The zero-order valence-electron chi connectivity index (χ0n) is 14.8. The second-order valence-electron chi connectivity index (χ2n) is 5.95. The summed E-state index contributed by atoms with van der Waals surface area (Å²) < 4.78 is 40.3. The van der Waals surface area contributed by atoms with Crippen molar-refractivity contribution in [1.82, 2.24) is 0 Å². The highest BCUT2D eigenvalue weighted by molar-refractivity contribution is 6.19. The topological polar surface area (TPSA) is 67.4 Å². The van der Waals surface area contributed by atoms with Crippen LogP contribution in [0.25, 0.3) is 0 Å². The lowest BCUT2D eigenvalue weighted by atomic mass is 10.0. The van der Waals surface area contributed by atoms with E-state index in [4.69, 9.17) is 11.6 Å². The molecule has 0 fully saturated rings. The van der Waals surface area contributed by atoms with Gasteiger partial charge in [0.15, 0.2) is 0 Å². The normalized spacial score (nSPS) is 12.2. The van der Waals surface area contributed by atoms with Gasteiger partial charge in [-0.3, -0.25) is 9.59 Å². The van der Waals surface area contributed by atoms with E-state index >= 15 is 0 Å². The molecule has 0 aliphatic rings. The van der Waals surface area contributed by atoms with Crippen LogP contribution < -0.4 is 15.4 Å². The van der Waals surface area contributed by atoms with E-state index in [1.54, 1.807) is 12.1 Å². The van der Waals surface area contributed by atoms with Crippen LogP contribution in [0.2, 0.25) is 0 Å². The highest BCUT2D eigenvalue weighted by Crippen LogP contribution is 2.24. The van der Waals surface area contributed by atoms with Crippen molar-refractivity contribution in [2.24, 2.45) is 5.92 Å². The Morgan fingerprint density at radius 1 is 0.964 bits per heavy atom. The zero-order valence-corrected chi connectivity index (χ0v) is 15.6. The van der Waals surface area contributed by atoms with E-state index in [0.29, 0.717) is 5.69 Å². The second-order valence-corrected chi connectivity index (χ2v) is 6.32. The average molecular weight is 415 g/mol. The minimum absolute atomic E-state index is 0.0811. The molecule has 5 nitrogen and oxygen atoms in total. The number of hydrogen-bond acceptors (Lipinski definition) is 3. The van der Waals surface area contributed by atoms with Gasteiger partial charge in [-0.1, -0.05) is 17.7 Å². The summed E-state index contributed by atoms with van der Waals surface area (Å²) in [7, 11) is 0. The molecule has 9 heteroatoms. The first-order valence-electron chi connectivity index (χ1n) is 8.28. The third-order valence-corrected chi connectivity index (χ3v) is 3.92. The van der Waals surface area contributed by atoms with Crippen molar-refractivity contribution in [3.63, 3.8) is 0 Å². The quantitative estimate of drug-likeness (QED) is 0.509. The molecule has 2 N–H and O–H groups in total. The maximum absolute atomic E-state index is 12.5. The summed E-state index contributed by atoms with van der Waals surface area (Å²) in [4.78, 5) is 24.9. The molecule has 2 aromatic rings. The Bertz CT molecular complexity index is 809. The smallest absolute Gasteiger partial charge is 0.406 e. The number of halogens is 4. The summed E-state index contributed by atoms with van der Waals surface area (Å²) in [5.74, 6) is -2.55. The summed E-state index contributed by atoms with van der Waals surface area (Å²) in [6.07, 6.45) is -4.70. The third kappa shape index (κ3) is 6.77. The SMILES string of the molecule is Cc1ccc(NC(=O)C(CCCl)C(=O)Nc2ccc(OC(F)(F)F)cc2)cc1. The van der Waals surface area contributed by atoms with E-state index in [1.165, 1.54) is 12.1 Å². The average Bonchev–Trinajstić information content (AvgIpc) is 2.62. The first-order chi connectivity index (χ1) is 13.2. The first kappa shape index (κ1) is 21.6. The molecule has 0 saturated heterocycles. The highest BCUT2D eigenvalue weighted by atomic mass is 35.5. The van der Waals surface area contributed by atoms with Crippen molar-refractivity contribution in [2.75, 3.05) is 16.5 Å².